The average molecular weight is 772 g/mol. The Labute approximate surface area is 318 Å². The summed E-state index contributed by atoms with van der Waals surface area (Å²) >= 11 is 1.30. The second kappa shape index (κ2) is 17.0. The second-order valence-corrected chi connectivity index (χ2v) is 16.2. The van der Waals surface area contributed by atoms with Crippen LogP contribution in [-0.2, 0) is 6.18 Å². The fourth-order valence-electron chi connectivity index (χ4n) is 8.37. The molecule has 5 unspecified atom stereocenters. The number of aliphatic hydroxyl groups excluding tert-OH is 1. The summed E-state index contributed by atoms with van der Waals surface area (Å²) in [5.74, 6) is 1.31. The van der Waals surface area contributed by atoms with E-state index in [4.69, 9.17) is 9.72 Å². The Morgan fingerprint density at radius 1 is 1.06 bits per heavy atom. The molecule has 2 bridgehead atoms. The predicted octanol–water partition coefficient (Wildman–Crippen LogP) is 9.88. The van der Waals surface area contributed by atoms with Gasteiger partial charge in [0.25, 0.3) is 0 Å². The van der Waals surface area contributed by atoms with Crippen LogP contribution in [-0.4, -0.2) is 86.3 Å². The van der Waals surface area contributed by atoms with E-state index in [2.05, 4.69) is 50.7 Å². The molecular weight excluding hydrogens is 719 g/mol. The summed E-state index contributed by atoms with van der Waals surface area (Å²) in [6, 6.07) is 3.89. The highest BCUT2D eigenvalue weighted by molar-refractivity contribution is 7.26. The molecule has 2 aliphatic rings. The van der Waals surface area contributed by atoms with Crippen molar-refractivity contribution < 1.29 is 27.4 Å². The highest BCUT2D eigenvalue weighted by Crippen LogP contribution is 2.49. The van der Waals surface area contributed by atoms with Gasteiger partial charge in [-0.1, -0.05) is 52.9 Å². The first-order valence-electron chi connectivity index (χ1n) is 19.3. The summed E-state index contributed by atoms with van der Waals surface area (Å²) in [6.45, 7) is 11.9. The highest BCUT2D eigenvalue weighted by Gasteiger charge is 2.43. The summed E-state index contributed by atoms with van der Waals surface area (Å²) in [5.41, 5.74) is 0.131. The van der Waals surface area contributed by atoms with Gasteiger partial charge < -0.3 is 14.7 Å². The minimum Gasteiger partial charge on any atom is -0.467 e. The number of unbranched alkanes of at least 4 members (excludes halogenated alkanes) is 2. The number of aliphatic hydroxyl groups is 1. The number of hydrogen-bond donors (Lipinski definition) is 2. The maximum atomic E-state index is 14.5. The molecule has 2 saturated heterocycles. The van der Waals surface area contributed by atoms with E-state index in [9.17, 15) is 22.7 Å². The lowest BCUT2D eigenvalue weighted by Gasteiger charge is -2.42. The third-order valence-electron chi connectivity index (χ3n) is 10.8. The van der Waals surface area contributed by atoms with Crippen molar-refractivity contribution in [2.45, 2.75) is 123 Å². The molecule has 1 aromatic carbocycles. The van der Waals surface area contributed by atoms with Gasteiger partial charge in [0.15, 0.2) is 0 Å². The first-order valence-corrected chi connectivity index (χ1v) is 20.2. The van der Waals surface area contributed by atoms with Crippen LogP contribution in [0.3, 0.4) is 0 Å². The number of aromatic amines is 1. The van der Waals surface area contributed by atoms with Gasteiger partial charge in [0.1, 0.15) is 16.8 Å². The van der Waals surface area contributed by atoms with Gasteiger partial charge in [-0.2, -0.15) is 28.2 Å². The molecule has 0 saturated carbocycles. The molecule has 2 aliphatic heterocycles. The van der Waals surface area contributed by atoms with Crippen molar-refractivity contribution in [2.24, 2.45) is 5.92 Å². The molecule has 5 atom stereocenters. The van der Waals surface area contributed by atoms with Gasteiger partial charge in [0.05, 0.1) is 46.3 Å². The Balaban J connectivity index is 0.000000329. The quantitative estimate of drug-likeness (QED) is 0.114. The smallest absolute Gasteiger partial charge is 0.417 e. The molecule has 6 heterocycles. The number of H-pyrrole nitrogens is 1. The number of likely N-dealkylation sites (tertiary alicyclic amines) is 1. The van der Waals surface area contributed by atoms with Gasteiger partial charge in [-0.25, -0.2) is 4.39 Å². The number of nitrogens with one attached hydrogen (secondary N) is 1. The maximum absolute atomic E-state index is 14.5. The third kappa shape index (κ3) is 8.45. The number of benzene rings is 1. The fraction of sp³-hybridized carbons (Fsp3) is 0.600. The topological polar surface area (TPSA) is 103 Å². The molecule has 7 rings (SSSR count). The molecule has 54 heavy (non-hydrogen) atoms. The Bertz CT molecular complexity index is 2010. The minimum atomic E-state index is -4.59. The van der Waals surface area contributed by atoms with Crippen LogP contribution in [0.1, 0.15) is 96.6 Å². The van der Waals surface area contributed by atoms with Crippen LogP contribution in [0.25, 0.3) is 42.5 Å². The molecule has 294 valence electrons. The number of anilines is 1. The number of alkyl halides is 4. The normalized spacial score (nSPS) is 19.4. The van der Waals surface area contributed by atoms with E-state index in [0.29, 0.717) is 32.9 Å². The summed E-state index contributed by atoms with van der Waals surface area (Å²) in [4.78, 5) is 19.2. The van der Waals surface area contributed by atoms with Crippen molar-refractivity contribution in [3.63, 3.8) is 0 Å². The molecule has 14 heteroatoms. The predicted molar refractivity (Wildman–Crippen MR) is 209 cm³/mol. The number of methoxy groups -OCH3 is 1. The van der Waals surface area contributed by atoms with Crippen LogP contribution in [0.5, 0.6) is 6.01 Å². The Hall–Kier alpha value is -3.62. The van der Waals surface area contributed by atoms with E-state index in [1.54, 1.807) is 13.1 Å². The summed E-state index contributed by atoms with van der Waals surface area (Å²) in [7, 11) is 1.51. The van der Waals surface area contributed by atoms with Gasteiger partial charge in [-0.05, 0) is 63.1 Å². The number of aromatic nitrogens is 5. The molecule has 2 fully saturated rings. The largest absolute Gasteiger partial charge is 0.467 e. The first kappa shape index (κ1) is 40.1. The molecule has 9 nitrogen and oxygen atoms in total. The minimum absolute atomic E-state index is 0.00619. The molecule has 4 aromatic heterocycles. The number of halogens is 4. The molecule has 5 aromatic rings. The summed E-state index contributed by atoms with van der Waals surface area (Å²) in [5, 5.41) is 18.7. The van der Waals surface area contributed by atoms with Crippen LogP contribution < -0.4 is 9.64 Å². The Morgan fingerprint density at radius 2 is 1.76 bits per heavy atom. The number of nitrogens with zero attached hydrogens (tertiary/aromatic N) is 6. The van der Waals surface area contributed by atoms with Crippen molar-refractivity contribution >= 4 is 48.4 Å². The molecule has 0 aliphatic carbocycles. The number of fused-ring (bicyclic) bond motifs is 6. The van der Waals surface area contributed by atoms with Crippen molar-refractivity contribution in [3.8, 4) is 17.3 Å². The van der Waals surface area contributed by atoms with Crippen LogP contribution in [0, 0.1) is 12.8 Å². The Morgan fingerprint density at radius 3 is 2.41 bits per heavy atom. The van der Waals surface area contributed by atoms with Gasteiger partial charge in [0.2, 0.25) is 0 Å². The zero-order chi connectivity index (χ0) is 38.7. The van der Waals surface area contributed by atoms with Crippen LogP contribution >= 0.6 is 11.3 Å². The first-order chi connectivity index (χ1) is 25.8. The summed E-state index contributed by atoms with van der Waals surface area (Å²) in [6.07, 6.45) is 6.79. The van der Waals surface area contributed by atoms with Gasteiger partial charge >= 0.3 is 12.2 Å². The summed E-state index contributed by atoms with van der Waals surface area (Å²) < 4.78 is 62.9. The zero-order valence-electron chi connectivity index (χ0n) is 32.1. The number of ether oxygens (including phenoxy) is 1. The lowest BCUT2D eigenvalue weighted by molar-refractivity contribution is -0.137. The molecule has 0 amide bonds. The van der Waals surface area contributed by atoms with E-state index >= 15 is 0 Å². The standard InChI is InChI=1S/C28H28F3N7O2S.C12H25F/c1-13-8-19-18(9-33-36-19)20(22(13)28(29,30)31)23-24-17(6-7-32-23)21-25(34-27(40-3)35-26(21)41-24)38-15-4-5-16(38)12-37(11-15)10-14(2)39;1-4-6-8-11(3)10-12(13)9-7-5-2/h6-9,14-16,39H,4-5,10-12H2,1-3H3,(H,33,36);11-12H,4-10H2,1-3H3. The van der Waals surface area contributed by atoms with E-state index in [0.717, 1.165) is 68.2 Å². The number of β-amino-alcohol motifs (C(OH)–C–C–N with tert-alkyl or cyclic N) is 1. The van der Waals surface area contributed by atoms with Crippen molar-refractivity contribution in [3.05, 3.63) is 35.7 Å². The molecule has 2 N–H and O–H groups in total. The van der Waals surface area contributed by atoms with E-state index in [1.807, 2.05) is 6.07 Å². The second-order valence-electron chi connectivity index (χ2n) is 15.2. The van der Waals surface area contributed by atoms with E-state index < -0.39 is 24.0 Å². The van der Waals surface area contributed by atoms with Crippen LogP contribution in [0.15, 0.2) is 24.5 Å². The monoisotopic (exact) mass is 771 g/mol. The number of aryl methyl sites for hydroxylation is 1. The average Bonchev–Trinajstić information content (AvgIpc) is 3.82. The highest BCUT2D eigenvalue weighted by atomic mass is 32.1. The SMILES string of the molecule is CCCCC(C)CC(F)CCCC.COc1nc(N2C3CCC2CN(CC(C)O)C3)c2c(n1)sc1c(-c3c(C(F)(F)F)c(C)cc4[nH]ncc34)nccc12. The van der Waals surface area contributed by atoms with Crippen molar-refractivity contribution in [2.75, 3.05) is 31.6 Å². The van der Waals surface area contributed by atoms with E-state index in [-0.39, 0.29) is 34.9 Å². The van der Waals surface area contributed by atoms with Crippen LogP contribution in [0.2, 0.25) is 0 Å². The van der Waals surface area contributed by atoms with Gasteiger partial charge in [-0.15, -0.1) is 11.3 Å². The maximum Gasteiger partial charge on any atom is 0.417 e. The zero-order valence-corrected chi connectivity index (χ0v) is 33.0. The number of hydrogen-bond acceptors (Lipinski definition) is 9. The van der Waals surface area contributed by atoms with Crippen molar-refractivity contribution in [1.29, 1.82) is 0 Å². The number of rotatable bonds is 13. The van der Waals surface area contributed by atoms with E-state index in [1.165, 1.54) is 56.9 Å². The number of piperazine rings is 1. The van der Waals surface area contributed by atoms with Gasteiger partial charge in [0, 0.05) is 54.3 Å². The molecular formula is C40H53F4N7O2S. The van der Waals surface area contributed by atoms with Crippen LogP contribution in [0.4, 0.5) is 23.4 Å². The number of pyridine rings is 1. The lowest BCUT2D eigenvalue weighted by atomic mass is 9.94. The molecule has 0 radical (unpaired) electrons. The lowest BCUT2D eigenvalue weighted by Crippen LogP contribution is -2.55. The molecule has 0 spiro atoms. The number of thiophene rings is 1. The van der Waals surface area contributed by atoms with Crippen molar-refractivity contribution in [1.82, 2.24) is 30.0 Å². The third-order valence-corrected chi connectivity index (χ3v) is 11.9. The fourth-order valence-corrected chi connectivity index (χ4v) is 9.52. The van der Waals surface area contributed by atoms with Gasteiger partial charge in [-0.3, -0.25) is 15.0 Å². The Kier molecular flexibility index (Phi) is 12.6.